The molecule has 8 heteroatoms. The van der Waals surface area contributed by atoms with Gasteiger partial charge in [-0.3, -0.25) is 9.59 Å². The van der Waals surface area contributed by atoms with Crippen molar-refractivity contribution in [3.05, 3.63) is 29.5 Å². The molecule has 27 heavy (non-hydrogen) atoms. The minimum absolute atomic E-state index is 0.175. The minimum Gasteiger partial charge on any atom is -0.493 e. The summed E-state index contributed by atoms with van der Waals surface area (Å²) in [5, 5.41) is 13.1. The highest BCUT2D eigenvalue weighted by atomic mass is 79.9. The predicted molar refractivity (Wildman–Crippen MR) is 105 cm³/mol. The van der Waals surface area contributed by atoms with Crippen molar-refractivity contribution in [2.45, 2.75) is 31.7 Å². The number of unbranched alkanes of at least 4 members (excludes halogenated alkanes) is 2. The van der Waals surface area contributed by atoms with Crippen LogP contribution in [0.4, 0.5) is 5.69 Å². The van der Waals surface area contributed by atoms with E-state index in [1.165, 1.54) is 12.0 Å². The third kappa shape index (κ3) is 4.11. The van der Waals surface area contributed by atoms with E-state index in [0.29, 0.717) is 41.4 Å². The summed E-state index contributed by atoms with van der Waals surface area (Å²) >= 11 is 3.40. The number of alkyl halides is 1. The Labute approximate surface area is 166 Å². The summed E-state index contributed by atoms with van der Waals surface area (Å²) in [6, 6.07) is 2.60. The normalized spacial score (nSPS) is 18.4. The molecule has 7 nitrogen and oxygen atoms in total. The van der Waals surface area contributed by atoms with Gasteiger partial charge in [0.15, 0.2) is 11.5 Å². The Kier molecular flexibility index (Phi) is 6.38. The maximum absolute atomic E-state index is 12.9. The van der Waals surface area contributed by atoms with E-state index < -0.39 is 6.04 Å². The molecule has 0 aliphatic carbocycles. The van der Waals surface area contributed by atoms with Crippen LogP contribution in [0.1, 0.15) is 36.0 Å². The van der Waals surface area contributed by atoms with E-state index in [-0.39, 0.29) is 18.4 Å². The number of ether oxygens (including phenoxy) is 2. The van der Waals surface area contributed by atoms with E-state index in [0.717, 1.165) is 24.6 Å². The zero-order valence-electron chi connectivity index (χ0n) is 15.2. The average molecular weight is 439 g/mol. The lowest BCUT2D eigenvalue weighted by atomic mass is 10.1. The fourth-order valence-corrected chi connectivity index (χ4v) is 3.63. The number of fused-ring (bicyclic) bond motifs is 2. The van der Waals surface area contributed by atoms with Gasteiger partial charge in [-0.1, -0.05) is 15.9 Å². The van der Waals surface area contributed by atoms with Crippen LogP contribution < -0.4 is 14.8 Å². The van der Waals surface area contributed by atoms with Gasteiger partial charge >= 0.3 is 0 Å². The first kappa shape index (κ1) is 19.7. The van der Waals surface area contributed by atoms with Crippen LogP contribution in [0, 0.1) is 0 Å². The number of anilines is 1. The van der Waals surface area contributed by atoms with Crippen molar-refractivity contribution < 1.29 is 24.2 Å². The molecule has 146 valence electrons. The van der Waals surface area contributed by atoms with E-state index in [1.54, 1.807) is 18.3 Å². The molecule has 0 saturated carbocycles. The molecule has 1 aromatic carbocycles. The summed E-state index contributed by atoms with van der Waals surface area (Å²) in [5.41, 5.74) is 1.40. The fraction of sp³-hybridized carbons (Fsp3) is 0.474. The smallest absolute Gasteiger partial charge is 0.260 e. The molecule has 1 unspecified atom stereocenters. The molecule has 3 rings (SSSR count). The number of nitrogens with zero attached hydrogens (tertiary/aromatic N) is 1. The van der Waals surface area contributed by atoms with Gasteiger partial charge in [-0.25, -0.2) is 0 Å². The van der Waals surface area contributed by atoms with E-state index in [1.807, 2.05) is 0 Å². The van der Waals surface area contributed by atoms with E-state index in [4.69, 9.17) is 9.47 Å². The molecular weight excluding hydrogens is 416 g/mol. The van der Waals surface area contributed by atoms with Crippen LogP contribution in [0.5, 0.6) is 11.5 Å². The van der Waals surface area contributed by atoms with E-state index >= 15 is 0 Å². The van der Waals surface area contributed by atoms with Crippen LogP contribution in [0.25, 0.3) is 0 Å². The summed E-state index contributed by atoms with van der Waals surface area (Å²) < 4.78 is 11.2. The Hall–Kier alpha value is -2.06. The molecule has 0 radical (unpaired) electrons. The fourth-order valence-electron chi connectivity index (χ4n) is 3.23. The predicted octanol–water partition coefficient (Wildman–Crippen LogP) is 2.68. The number of carbonyl (C=O) groups is 2. The topological polar surface area (TPSA) is 88.1 Å². The zero-order valence-corrected chi connectivity index (χ0v) is 16.8. The Morgan fingerprint density at radius 3 is 2.78 bits per heavy atom. The summed E-state index contributed by atoms with van der Waals surface area (Å²) in [6.07, 6.45) is 4.92. The second kappa shape index (κ2) is 8.75. The molecule has 1 atom stereocenters. The van der Waals surface area contributed by atoms with Crippen molar-refractivity contribution in [3.8, 4) is 11.5 Å². The number of nitrogens with one attached hydrogen (secondary N) is 1. The number of aliphatic hydroxyl groups excluding tert-OH is 1. The molecule has 0 bridgehead atoms. The number of amides is 2. The second-order valence-electron chi connectivity index (χ2n) is 6.51. The molecule has 1 aromatic rings. The number of halogens is 1. The quantitative estimate of drug-likeness (QED) is 0.481. The molecule has 0 spiro atoms. The first-order valence-electron chi connectivity index (χ1n) is 8.93. The highest BCUT2D eigenvalue weighted by molar-refractivity contribution is 9.09. The monoisotopic (exact) mass is 438 g/mol. The van der Waals surface area contributed by atoms with Gasteiger partial charge in [-0.05, 0) is 30.9 Å². The van der Waals surface area contributed by atoms with Crippen LogP contribution in [0.3, 0.4) is 0 Å². The number of rotatable bonds is 8. The van der Waals surface area contributed by atoms with Gasteiger partial charge in [-0.2, -0.15) is 0 Å². The SMILES string of the molecule is COc1cc2c(cc1OCCCCCBr)NC(=O)C1CC(CO)=CN1C2=O. The lowest BCUT2D eigenvalue weighted by molar-refractivity contribution is -0.119. The van der Waals surface area contributed by atoms with E-state index in [9.17, 15) is 14.7 Å². The summed E-state index contributed by atoms with van der Waals surface area (Å²) in [4.78, 5) is 26.9. The molecular formula is C19H23BrN2O5. The van der Waals surface area contributed by atoms with Crippen LogP contribution in [-0.4, -0.2) is 53.5 Å². The molecule has 2 N–H and O–H groups in total. The first-order chi connectivity index (χ1) is 13.1. The highest BCUT2D eigenvalue weighted by Gasteiger charge is 2.39. The first-order valence-corrected chi connectivity index (χ1v) is 10.1. The van der Waals surface area contributed by atoms with Crippen molar-refractivity contribution >= 4 is 33.4 Å². The van der Waals surface area contributed by atoms with Crippen molar-refractivity contribution in [2.24, 2.45) is 0 Å². The molecule has 2 amide bonds. The number of benzene rings is 1. The van der Waals surface area contributed by atoms with Gasteiger partial charge in [0.05, 0.1) is 31.6 Å². The third-order valence-electron chi connectivity index (χ3n) is 4.68. The largest absolute Gasteiger partial charge is 0.493 e. The number of hydrogen-bond donors (Lipinski definition) is 2. The van der Waals surface area contributed by atoms with Gasteiger partial charge in [0.1, 0.15) is 6.04 Å². The highest BCUT2D eigenvalue weighted by Crippen LogP contribution is 2.38. The third-order valence-corrected chi connectivity index (χ3v) is 5.24. The van der Waals surface area contributed by atoms with Crippen molar-refractivity contribution in [1.29, 1.82) is 0 Å². The lowest BCUT2D eigenvalue weighted by Gasteiger charge is -2.19. The number of hydrogen-bond acceptors (Lipinski definition) is 5. The molecule has 0 fully saturated rings. The molecule has 0 aromatic heterocycles. The molecule has 2 aliphatic heterocycles. The Morgan fingerprint density at radius 1 is 1.26 bits per heavy atom. The van der Waals surface area contributed by atoms with E-state index in [2.05, 4.69) is 21.2 Å². The number of carbonyl (C=O) groups excluding carboxylic acids is 2. The molecule has 0 saturated heterocycles. The Balaban J connectivity index is 1.86. The lowest BCUT2D eigenvalue weighted by Crippen LogP contribution is -2.38. The average Bonchev–Trinajstić information content (AvgIpc) is 3.08. The van der Waals surface area contributed by atoms with Gasteiger partial charge < -0.3 is 24.8 Å². The summed E-state index contributed by atoms with van der Waals surface area (Å²) in [6.45, 7) is 0.354. The Bertz CT molecular complexity index is 765. The zero-order chi connectivity index (χ0) is 19.4. The van der Waals surface area contributed by atoms with Gasteiger partial charge in [0.25, 0.3) is 5.91 Å². The van der Waals surface area contributed by atoms with Crippen molar-refractivity contribution in [3.63, 3.8) is 0 Å². The standard InChI is InChI=1S/C19H23BrN2O5/c1-26-16-8-13-14(9-17(16)27-6-4-2-3-5-20)21-18(24)15-7-12(11-23)10-22(15)19(13)25/h8-10,15,23H,2-7,11H2,1H3,(H,21,24). The van der Waals surface area contributed by atoms with Crippen molar-refractivity contribution in [1.82, 2.24) is 4.90 Å². The minimum atomic E-state index is -0.647. The maximum atomic E-state index is 12.9. The second-order valence-corrected chi connectivity index (χ2v) is 7.31. The van der Waals surface area contributed by atoms with Crippen LogP contribution >= 0.6 is 15.9 Å². The number of aliphatic hydroxyl groups is 1. The van der Waals surface area contributed by atoms with Crippen molar-refractivity contribution in [2.75, 3.05) is 31.0 Å². The van der Waals surface area contributed by atoms with Gasteiger partial charge in [0.2, 0.25) is 5.91 Å². The summed E-state index contributed by atoms with van der Waals surface area (Å²) in [7, 11) is 1.52. The van der Waals surface area contributed by atoms with Crippen LogP contribution in [0.15, 0.2) is 23.9 Å². The summed E-state index contributed by atoms with van der Waals surface area (Å²) in [5.74, 6) is 0.354. The van der Waals surface area contributed by atoms with Crippen LogP contribution in [-0.2, 0) is 4.79 Å². The van der Waals surface area contributed by atoms with Crippen LogP contribution in [0.2, 0.25) is 0 Å². The Morgan fingerprint density at radius 2 is 2.07 bits per heavy atom. The van der Waals surface area contributed by atoms with Gasteiger partial charge in [0, 0.05) is 24.0 Å². The van der Waals surface area contributed by atoms with Gasteiger partial charge in [-0.15, -0.1) is 0 Å². The maximum Gasteiger partial charge on any atom is 0.260 e. The molecule has 2 aliphatic rings. The molecule has 2 heterocycles. The number of methoxy groups -OCH3 is 1.